The molecule has 0 aliphatic heterocycles. The molecule has 3 N–H and O–H groups in total. The zero-order chi connectivity index (χ0) is 14.7. The van der Waals surface area contributed by atoms with Crippen LogP contribution in [0.4, 0.5) is 11.4 Å². The highest BCUT2D eigenvalue weighted by atomic mass is 16.6. The SMILES string of the molecule is O=C(Nc1ccc([N+](=O)[O-])cc1O)c1cc[nH]c(=O)c1. The number of hydrogen-bond donors (Lipinski definition) is 3. The van der Waals surface area contributed by atoms with Crippen LogP contribution in [0.3, 0.4) is 0 Å². The molecule has 0 atom stereocenters. The third kappa shape index (κ3) is 2.80. The summed E-state index contributed by atoms with van der Waals surface area (Å²) in [6.07, 6.45) is 1.31. The van der Waals surface area contributed by atoms with Gasteiger partial charge in [0.2, 0.25) is 5.56 Å². The lowest BCUT2D eigenvalue weighted by Gasteiger charge is -2.06. The van der Waals surface area contributed by atoms with Gasteiger partial charge in [-0.2, -0.15) is 0 Å². The topological polar surface area (TPSA) is 125 Å². The molecule has 2 aromatic rings. The van der Waals surface area contributed by atoms with Gasteiger partial charge in [0.15, 0.2) is 0 Å². The summed E-state index contributed by atoms with van der Waals surface area (Å²) >= 11 is 0. The quantitative estimate of drug-likeness (QED) is 0.441. The molecule has 0 aliphatic rings. The monoisotopic (exact) mass is 275 g/mol. The van der Waals surface area contributed by atoms with Gasteiger partial charge in [-0.3, -0.25) is 19.7 Å². The first-order valence-electron chi connectivity index (χ1n) is 5.45. The van der Waals surface area contributed by atoms with Gasteiger partial charge in [-0.1, -0.05) is 0 Å². The van der Waals surface area contributed by atoms with Crippen molar-refractivity contribution in [1.82, 2.24) is 4.98 Å². The second-order valence-corrected chi connectivity index (χ2v) is 3.85. The average Bonchev–Trinajstić information content (AvgIpc) is 2.40. The van der Waals surface area contributed by atoms with E-state index in [2.05, 4.69) is 10.3 Å². The average molecular weight is 275 g/mol. The fraction of sp³-hybridized carbons (Fsp3) is 0. The number of nitro benzene ring substituents is 1. The number of carbonyl (C=O) groups excluding carboxylic acids is 1. The van der Waals surface area contributed by atoms with Gasteiger partial charge in [0.25, 0.3) is 11.6 Å². The lowest BCUT2D eigenvalue weighted by atomic mass is 10.2. The van der Waals surface area contributed by atoms with Gasteiger partial charge in [-0.25, -0.2) is 0 Å². The van der Waals surface area contributed by atoms with Gasteiger partial charge in [0.05, 0.1) is 16.7 Å². The molecule has 1 amide bonds. The zero-order valence-corrected chi connectivity index (χ0v) is 9.99. The van der Waals surface area contributed by atoms with E-state index in [4.69, 9.17) is 0 Å². The normalized spacial score (nSPS) is 10.0. The Morgan fingerprint density at radius 2 is 2.05 bits per heavy atom. The summed E-state index contributed by atoms with van der Waals surface area (Å²) < 4.78 is 0. The van der Waals surface area contributed by atoms with Crippen LogP contribution in [0.2, 0.25) is 0 Å². The van der Waals surface area contributed by atoms with Crippen molar-refractivity contribution in [3.8, 4) is 5.75 Å². The number of carbonyl (C=O) groups is 1. The number of phenolic OH excluding ortho intramolecular Hbond substituents is 1. The minimum atomic E-state index is -0.665. The van der Waals surface area contributed by atoms with Crippen LogP contribution in [0.1, 0.15) is 10.4 Å². The van der Waals surface area contributed by atoms with Crippen LogP contribution in [0.15, 0.2) is 41.3 Å². The van der Waals surface area contributed by atoms with Gasteiger partial charge < -0.3 is 15.4 Å². The predicted molar refractivity (Wildman–Crippen MR) is 69.8 cm³/mol. The molecule has 0 radical (unpaired) electrons. The molecule has 1 aromatic heterocycles. The number of anilines is 1. The van der Waals surface area contributed by atoms with Crippen molar-refractivity contribution in [2.45, 2.75) is 0 Å². The minimum Gasteiger partial charge on any atom is -0.506 e. The molecule has 0 saturated heterocycles. The van der Waals surface area contributed by atoms with E-state index >= 15 is 0 Å². The molecule has 0 unspecified atom stereocenters. The van der Waals surface area contributed by atoms with Gasteiger partial charge in [-0.05, 0) is 12.1 Å². The van der Waals surface area contributed by atoms with Crippen LogP contribution < -0.4 is 10.9 Å². The molecular weight excluding hydrogens is 266 g/mol. The van der Waals surface area contributed by atoms with Crippen molar-refractivity contribution in [1.29, 1.82) is 0 Å². The molecule has 0 fully saturated rings. The second kappa shape index (κ2) is 5.22. The molecule has 8 heteroatoms. The number of benzene rings is 1. The van der Waals surface area contributed by atoms with Gasteiger partial charge in [-0.15, -0.1) is 0 Å². The largest absolute Gasteiger partial charge is 0.506 e. The van der Waals surface area contributed by atoms with E-state index in [-0.39, 0.29) is 16.9 Å². The van der Waals surface area contributed by atoms with Crippen molar-refractivity contribution >= 4 is 17.3 Å². The van der Waals surface area contributed by atoms with Crippen molar-refractivity contribution < 1.29 is 14.8 Å². The fourth-order valence-corrected chi connectivity index (χ4v) is 1.52. The number of nitrogens with zero attached hydrogens (tertiary/aromatic N) is 1. The van der Waals surface area contributed by atoms with E-state index in [1.165, 1.54) is 18.3 Å². The fourth-order valence-electron chi connectivity index (χ4n) is 1.52. The van der Waals surface area contributed by atoms with E-state index in [0.29, 0.717) is 0 Å². The van der Waals surface area contributed by atoms with E-state index in [1.807, 2.05) is 0 Å². The molecule has 20 heavy (non-hydrogen) atoms. The van der Waals surface area contributed by atoms with Crippen LogP contribution in [0.25, 0.3) is 0 Å². The van der Waals surface area contributed by atoms with Crippen LogP contribution in [-0.4, -0.2) is 20.9 Å². The molecule has 1 aromatic carbocycles. The highest BCUT2D eigenvalue weighted by Gasteiger charge is 2.13. The number of rotatable bonds is 3. The molecule has 2 rings (SSSR count). The first-order chi connectivity index (χ1) is 9.47. The van der Waals surface area contributed by atoms with Gasteiger partial charge in [0, 0.05) is 23.9 Å². The summed E-state index contributed by atoms with van der Waals surface area (Å²) in [5.74, 6) is -1.04. The zero-order valence-electron chi connectivity index (χ0n) is 9.99. The molecule has 1 heterocycles. The number of hydrogen-bond acceptors (Lipinski definition) is 5. The van der Waals surface area contributed by atoms with Crippen molar-refractivity contribution in [3.63, 3.8) is 0 Å². The molecule has 0 spiro atoms. The number of amides is 1. The maximum absolute atomic E-state index is 11.8. The van der Waals surface area contributed by atoms with E-state index < -0.39 is 22.1 Å². The highest BCUT2D eigenvalue weighted by molar-refractivity contribution is 6.04. The first-order valence-corrected chi connectivity index (χ1v) is 5.45. The number of non-ortho nitro benzene ring substituents is 1. The maximum Gasteiger partial charge on any atom is 0.273 e. The maximum atomic E-state index is 11.8. The smallest absolute Gasteiger partial charge is 0.273 e. The highest BCUT2D eigenvalue weighted by Crippen LogP contribution is 2.28. The Balaban J connectivity index is 2.24. The summed E-state index contributed by atoms with van der Waals surface area (Å²) in [7, 11) is 0. The second-order valence-electron chi connectivity index (χ2n) is 3.85. The Kier molecular flexibility index (Phi) is 3.47. The molecular formula is C12H9N3O5. The number of phenols is 1. The van der Waals surface area contributed by atoms with Crippen molar-refractivity contribution in [2.75, 3.05) is 5.32 Å². The number of aromatic hydroxyl groups is 1. The Morgan fingerprint density at radius 3 is 2.65 bits per heavy atom. The number of pyridine rings is 1. The number of aromatic amines is 1. The van der Waals surface area contributed by atoms with E-state index in [9.17, 15) is 24.8 Å². The van der Waals surface area contributed by atoms with Crippen molar-refractivity contribution in [3.05, 3.63) is 62.6 Å². The number of H-pyrrole nitrogens is 1. The third-order valence-electron chi connectivity index (χ3n) is 2.48. The summed E-state index contributed by atoms with van der Waals surface area (Å²) in [5.41, 5.74) is -0.616. The summed E-state index contributed by atoms with van der Waals surface area (Å²) in [5, 5.41) is 22.5. The standard InChI is InChI=1S/C12H9N3O5/c16-10-6-8(15(19)20)1-2-9(10)14-12(18)7-3-4-13-11(17)5-7/h1-6,16H,(H,13,17)(H,14,18). The Hall–Kier alpha value is -3.16. The molecule has 0 bridgehead atoms. The minimum absolute atomic E-state index is 0.0147. The van der Waals surface area contributed by atoms with Gasteiger partial charge >= 0.3 is 0 Å². The van der Waals surface area contributed by atoms with E-state index in [1.54, 1.807) is 0 Å². The number of nitrogens with one attached hydrogen (secondary N) is 2. The molecule has 0 aliphatic carbocycles. The lowest BCUT2D eigenvalue weighted by molar-refractivity contribution is -0.384. The number of aromatic nitrogens is 1. The third-order valence-corrected chi connectivity index (χ3v) is 2.48. The lowest BCUT2D eigenvalue weighted by Crippen LogP contribution is -2.15. The van der Waals surface area contributed by atoms with Gasteiger partial charge in [0.1, 0.15) is 5.75 Å². The van der Waals surface area contributed by atoms with Crippen LogP contribution in [-0.2, 0) is 0 Å². The molecule has 102 valence electrons. The summed E-state index contributed by atoms with van der Waals surface area (Å²) in [4.78, 5) is 35.1. The summed E-state index contributed by atoms with van der Waals surface area (Å²) in [6.45, 7) is 0. The Morgan fingerprint density at radius 1 is 1.30 bits per heavy atom. The molecule has 0 saturated carbocycles. The van der Waals surface area contributed by atoms with Crippen LogP contribution in [0, 0.1) is 10.1 Å². The first kappa shape index (κ1) is 13.3. The van der Waals surface area contributed by atoms with Crippen LogP contribution in [0.5, 0.6) is 5.75 Å². The number of nitro groups is 1. The van der Waals surface area contributed by atoms with E-state index in [0.717, 1.165) is 18.2 Å². The summed E-state index contributed by atoms with van der Waals surface area (Å²) in [6, 6.07) is 5.76. The Bertz CT molecular complexity index is 738. The Labute approximate surface area is 111 Å². The van der Waals surface area contributed by atoms with Crippen molar-refractivity contribution in [2.24, 2.45) is 0 Å². The molecule has 8 nitrogen and oxygen atoms in total. The van der Waals surface area contributed by atoms with Crippen LogP contribution >= 0.6 is 0 Å². The predicted octanol–water partition coefficient (Wildman–Crippen LogP) is 1.24.